The highest BCUT2D eigenvalue weighted by Crippen LogP contribution is 2.45. The number of esters is 1. The molecule has 1 aliphatic rings. The molecule has 190 valence electrons. The Hall–Kier alpha value is -3.63. The number of nitrogens with one attached hydrogen (secondary N) is 1. The first-order valence-corrected chi connectivity index (χ1v) is 11.1. The molecule has 36 heavy (non-hydrogen) atoms. The van der Waals surface area contributed by atoms with E-state index in [0.717, 1.165) is 0 Å². The lowest BCUT2D eigenvalue weighted by Gasteiger charge is -2.25. The van der Waals surface area contributed by atoms with E-state index in [9.17, 15) is 35.9 Å². The largest absolute Gasteiger partial charge is 0.462 e. The van der Waals surface area contributed by atoms with E-state index in [-0.39, 0.29) is 29.8 Å². The van der Waals surface area contributed by atoms with Gasteiger partial charge >= 0.3 is 18.3 Å². The van der Waals surface area contributed by atoms with E-state index in [1.807, 2.05) is 0 Å². The number of carbonyl (C=O) groups is 2. The van der Waals surface area contributed by atoms with E-state index in [0.29, 0.717) is 42.3 Å². The Morgan fingerprint density at radius 1 is 1.00 bits per heavy atom. The summed E-state index contributed by atoms with van der Waals surface area (Å²) in [6, 6.07) is 7.60. The highest BCUT2D eigenvalue weighted by Gasteiger charge is 2.45. The van der Waals surface area contributed by atoms with E-state index >= 15 is 0 Å². The average Bonchev–Trinajstić information content (AvgIpc) is 3.26. The van der Waals surface area contributed by atoms with Crippen LogP contribution in [0.4, 0.5) is 26.3 Å². The van der Waals surface area contributed by atoms with Crippen LogP contribution >= 0.6 is 0 Å². The molecular formula is C25H20F6N2O3. The minimum atomic E-state index is -5.16. The number of ketones is 1. The monoisotopic (exact) mass is 510 g/mol. The second-order valence-corrected chi connectivity index (χ2v) is 8.29. The number of hydrogen-bond donors (Lipinski definition) is 1. The summed E-state index contributed by atoms with van der Waals surface area (Å²) < 4.78 is 87.2. The van der Waals surface area contributed by atoms with Crippen molar-refractivity contribution in [3.8, 4) is 11.3 Å². The smallest absolute Gasteiger partial charge is 0.417 e. The zero-order chi connectivity index (χ0) is 26.3. The van der Waals surface area contributed by atoms with Crippen molar-refractivity contribution in [1.29, 1.82) is 0 Å². The van der Waals surface area contributed by atoms with E-state index in [1.54, 1.807) is 6.92 Å². The molecule has 1 heterocycles. The SMILES string of the molecule is CCOC(=O)c1ccc(-c2n[nH]c3c2C(C(=O)c2c(C(F)(F)F)cccc2C(F)(F)F)CCC3)cc1. The summed E-state index contributed by atoms with van der Waals surface area (Å²) in [5, 5.41) is 6.98. The quantitative estimate of drug-likeness (QED) is 0.239. The summed E-state index contributed by atoms with van der Waals surface area (Å²) in [5.41, 5.74) is -2.97. The molecular weight excluding hydrogens is 490 g/mol. The summed E-state index contributed by atoms with van der Waals surface area (Å²) in [5.74, 6) is -3.08. The number of Topliss-reactive ketones (excluding diaryl/α,β-unsaturated/α-hetero) is 1. The van der Waals surface area contributed by atoms with Crippen molar-refractivity contribution in [3.63, 3.8) is 0 Å². The van der Waals surface area contributed by atoms with E-state index in [2.05, 4.69) is 10.2 Å². The molecule has 2 aromatic carbocycles. The second kappa shape index (κ2) is 9.44. The van der Waals surface area contributed by atoms with E-state index in [4.69, 9.17) is 4.74 Å². The van der Waals surface area contributed by atoms with Crippen molar-refractivity contribution >= 4 is 11.8 Å². The van der Waals surface area contributed by atoms with Crippen LogP contribution in [0.2, 0.25) is 0 Å². The van der Waals surface area contributed by atoms with Crippen molar-refractivity contribution in [2.75, 3.05) is 6.61 Å². The van der Waals surface area contributed by atoms with Gasteiger partial charge in [-0.05, 0) is 50.5 Å². The number of fused-ring (bicyclic) bond motifs is 1. The fourth-order valence-corrected chi connectivity index (χ4v) is 4.51. The third-order valence-electron chi connectivity index (χ3n) is 6.06. The maximum atomic E-state index is 13.7. The standard InChI is InChI=1S/C25H20F6N2O3/c1-2-36-23(35)14-11-9-13(10-12-14)21-19-15(5-3-8-18(19)32-33-21)22(34)20-16(24(26,27)28)6-4-7-17(20)25(29,30)31/h4,6-7,9-12,15H,2-3,5,8H2,1H3,(H,32,33). The topological polar surface area (TPSA) is 72.0 Å². The van der Waals surface area contributed by atoms with Crippen LogP contribution in [-0.2, 0) is 23.5 Å². The zero-order valence-electron chi connectivity index (χ0n) is 18.9. The van der Waals surface area contributed by atoms with Gasteiger partial charge in [-0.3, -0.25) is 9.89 Å². The Morgan fingerprint density at radius 2 is 1.61 bits per heavy atom. The average molecular weight is 510 g/mol. The Labute approximate surface area is 201 Å². The first-order chi connectivity index (χ1) is 16.9. The first kappa shape index (κ1) is 25.5. The third-order valence-corrected chi connectivity index (χ3v) is 6.06. The molecule has 0 spiro atoms. The summed E-state index contributed by atoms with van der Waals surface area (Å²) in [4.78, 5) is 25.4. The number of carbonyl (C=O) groups excluding carboxylic acids is 2. The summed E-state index contributed by atoms with van der Waals surface area (Å²) >= 11 is 0. The molecule has 5 nitrogen and oxygen atoms in total. The molecule has 4 rings (SSSR count). The molecule has 3 aromatic rings. The van der Waals surface area contributed by atoms with Gasteiger partial charge in [0.15, 0.2) is 5.78 Å². The highest BCUT2D eigenvalue weighted by atomic mass is 19.4. The minimum Gasteiger partial charge on any atom is -0.462 e. The number of aryl methyl sites for hydroxylation is 1. The van der Waals surface area contributed by atoms with Crippen LogP contribution in [0, 0.1) is 0 Å². The molecule has 0 saturated heterocycles. The van der Waals surface area contributed by atoms with Crippen LogP contribution in [0.5, 0.6) is 0 Å². The molecule has 0 amide bonds. The van der Waals surface area contributed by atoms with Crippen molar-refractivity contribution in [2.24, 2.45) is 0 Å². The lowest BCUT2D eigenvalue weighted by Crippen LogP contribution is -2.25. The highest BCUT2D eigenvalue weighted by molar-refractivity contribution is 6.05. The van der Waals surface area contributed by atoms with E-state index in [1.165, 1.54) is 24.3 Å². The number of aromatic nitrogens is 2. The number of hydrogen-bond acceptors (Lipinski definition) is 4. The van der Waals surface area contributed by atoms with Gasteiger partial charge in [0.1, 0.15) is 0 Å². The Morgan fingerprint density at radius 3 is 2.17 bits per heavy atom. The first-order valence-electron chi connectivity index (χ1n) is 11.1. The van der Waals surface area contributed by atoms with Gasteiger partial charge in [0, 0.05) is 22.4 Å². The van der Waals surface area contributed by atoms with Gasteiger partial charge in [0.25, 0.3) is 0 Å². The number of nitrogens with zero attached hydrogens (tertiary/aromatic N) is 1. The van der Waals surface area contributed by atoms with Gasteiger partial charge < -0.3 is 4.74 Å². The van der Waals surface area contributed by atoms with Crippen molar-refractivity contribution < 1.29 is 40.7 Å². The predicted octanol–water partition coefficient (Wildman–Crippen LogP) is 6.59. The number of halogens is 6. The molecule has 0 saturated carbocycles. The van der Waals surface area contributed by atoms with Gasteiger partial charge in [0.05, 0.1) is 34.9 Å². The van der Waals surface area contributed by atoms with Gasteiger partial charge in [-0.2, -0.15) is 31.4 Å². The predicted molar refractivity (Wildman–Crippen MR) is 116 cm³/mol. The van der Waals surface area contributed by atoms with Gasteiger partial charge in [-0.15, -0.1) is 0 Å². The maximum absolute atomic E-state index is 13.7. The third kappa shape index (κ3) is 4.74. The minimum absolute atomic E-state index is 0.0583. The molecule has 0 aliphatic heterocycles. The number of rotatable bonds is 5. The fourth-order valence-electron chi connectivity index (χ4n) is 4.51. The van der Waals surface area contributed by atoms with Gasteiger partial charge in [0.2, 0.25) is 0 Å². The Balaban J connectivity index is 1.81. The van der Waals surface area contributed by atoms with Gasteiger partial charge in [-0.1, -0.05) is 18.2 Å². The van der Waals surface area contributed by atoms with Crippen LogP contribution in [0.15, 0.2) is 42.5 Å². The van der Waals surface area contributed by atoms with Crippen molar-refractivity contribution in [2.45, 2.75) is 44.5 Å². The molecule has 1 atom stereocenters. The molecule has 0 fully saturated rings. The molecule has 1 N–H and O–H groups in total. The second-order valence-electron chi connectivity index (χ2n) is 8.29. The summed E-state index contributed by atoms with van der Waals surface area (Å²) in [7, 11) is 0. The molecule has 1 unspecified atom stereocenters. The lowest BCUT2D eigenvalue weighted by molar-refractivity contribution is -0.143. The number of H-pyrrole nitrogens is 1. The molecule has 1 aromatic heterocycles. The van der Waals surface area contributed by atoms with Gasteiger partial charge in [-0.25, -0.2) is 4.79 Å². The number of benzene rings is 2. The van der Waals surface area contributed by atoms with Crippen molar-refractivity contribution in [1.82, 2.24) is 10.2 Å². The molecule has 0 radical (unpaired) electrons. The lowest BCUT2D eigenvalue weighted by atomic mass is 9.78. The maximum Gasteiger partial charge on any atom is 0.417 e. The van der Waals surface area contributed by atoms with E-state index < -0.39 is 46.7 Å². The molecule has 0 bridgehead atoms. The van der Waals surface area contributed by atoms with Crippen LogP contribution in [-0.4, -0.2) is 28.6 Å². The Bertz CT molecular complexity index is 1260. The summed E-state index contributed by atoms with van der Waals surface area (Å²) in [6.07, 6.45) is -9.46. The molecule has 11 heteroatoms. The van der Waals surface area contributed by atoms with Crippen LogP contribution in [0.3, 0.4) is 0 Å². The van der Waals surface area contributed by atoms with Crippen molar-refractivity contribution in [3.05, 3.63) is 76.0 Å². The normalized spacial score (nSPS) is 15.9. The zero-order valence-corrected chi connectivity index (χ0v) is 18.9. The molecule has 1 aliphatic carbocycles. The summed E-state index contributed by atoms with van der Waals surface area (Å²) in [6.45, 7) is 1.83. The fraction of sp³-hybridized carbons (Fsp3) is 0.320. The number of aromatic amines is 1. The number of alkyl halides is 6. The van der Waals surface area contributed by atoms with Crippen LogP contribution in [0.25, 0.3) is 11.3 Å². The number of ether oxygens (including phenoxy) is 1. The Kier molecular flexibility index (Phi) is 6.68. The van der Waals surface area contributed by atoms with Crippen LogP contribution < -0.4 is 0 Å². The van der Waals surface area contributed by atoms with Crippen LogP contribution in [0.1, 0.15) is 68.8 Å².